The minimum Gasteiger partial charge on any atom is -0.332 e. The van der Waals surface area contributed by atoms with Crippen LogP contribution in [0.4, 0.5) is 16.5 Å². The van der Waals surface area contributed by atoms with E-state index >= 15 is 0 Å². The van der Waals surface area contributed by atoms with Crippen LogP contribution < -0.4 is 10.6 Å². The standard InChI is InChI=1S/C22H19N3OS/c1-14-11-15(2)13-16(12-14)21(26)24-18-9-6-10-19-20(18)25-22(27-19)23-17-7-4-3-5-8-17/h3-13H,1-2H3,(H,23,25)(H,24,26). The Balaban J connectivity index is 1.63. The number of nitrogens with zero attached hydrogens (tertiary/aromatic N) is 1. The first kappa shape index (κ1) is 17.2. The summed E-state index contributed by atoms with van der Waals surface area (Å²) >= 11 is 1.56. The second kappa shape index (κ2) is 7.21. The van der Waals surface area contributed by atoms with Crippen LogP contribution in [0.25, 0.3) is 10.2 Å². The summed E-state index contributed by atoms with van der Waals surface area (Å²) < 4.78 is 1.02. The molecule has 0 aliphatic rings. The lowest BCUT2D eigenvalue weighted by atomic mass is 10.1. The molecule has 0 saturated carbocycles. The SMILES string of the molecule is Cc1cc(C)cc(C(=O)Nc2cccc3sc(Nc4ccccc4)nc23)c1. The molecular weight excluding hydrogens is 354 g/mol. The minimum absolute atomic E-state index is 0.125. The Bertz CT molecular complexity index is 1100. The van der Waals surface area contributed by atoms with Crippen LogP contribution >= 0.6 is 11.3 Å². The van der Waals surface area contributed by atoms with Crippen molar-refractivity contribution in [1.29, 1.82) is 0 Å². The number of hydrogen-bond donors (Lipinski definition) is 2. The predicted molar refractivity (Wildman–Crippen MR) is 113 cm³/mol. The number of rotatable bonds is 4. The molecule has 0 unspecified atom stereocenters. The highest BCUT2D eigenvalue weighted by molar-refractivity contribution is 7.22. The van der Waals surface area contributed by atoms with Crippen LogP contribution in [0.3, 0.4) is 0 Å². The summed E-state index contributed by atoms with van der Waals surface area (Å²) in [6.45, 7) is 3.99. The first-order valence-electron chi connectivity index (χ1n) is 8.70. The van der Waals surface area contributed by atoms with Crippen molar-refractivity contribution >= 4 is 44.0 Å². The molecule has 1 amide bonds. The van der Waals surface area contributed by atoms with E-state index < -0.39 is 0 Å². The van der Waals surface area contributed by atoms with E-state index in [0.29, 0.717) is 11.3 Å². The molecule has 0 radical (unpaired) electrons. The number of hydrogen-bond acceptors (Lipinski definition) is 4. The molecule has 0 aliphatic carbocycles. The molecule has 1 heterocycles. The lowest BCUT2D eigenvalue weighted by Gasteiger charge is -2.07. The highest BCUT2D eigenvalue weighted by Crippen LogP contribution is 2.32. The van der Waals surface area contributed by atoms with Crippen molar-refractivity contribution in [1.82, 2.24) is 4.98 Å². The first-order chi connectivity index (χ1) is 13.1. The molecule has 3 aromatic carbocycles. The molecule has 4 nitrogen and oxygen atoms in total. The zero-order valence-corrected chi connectivity index (χ0v) is 15.9. The van der Waals surface area contributed by atoms with Gasteiger partial charge in [-0.05, 0) is 50.2 Å². The zero-order valence-electron chi connectivity index (χ0n) is 15.1. The summed E-state index contributed by atoms with van der Waals surface area (Å²) in [5.74, 6) is -0.125. The highest BCUT2D eigenvalue weighted by Gasteiger charge is 2.12. The fourth-order valence-corrected chi connectivity index (χ4v) is 3.96. The molecule has 27 heavy (non-hydrogen) atoms. The van der Waals surface area contributed by atoms with E-state index in [4.69, 9.17) is 0 Å². The molecule has 0 fully saturated rings. The molecule has 2 N–H and O–H groups in total. The maximum Gasteiger partial charge on any atom is 0.255 e. The van der Waals surface area contributed by atoms with Crippen LogP contribution in [0.2, 0.25) is 0 Å². The van der Waals surface area contributed by atoms with E-state index in [1.807, 2.05) is 74.5 Å². The fourth-order valence-electron chi connectivity index (χ4n) is 3.05. The summed E-state index contributed by atoms with van der Waals surface area (Å²) in [6, 6.07) is 21.6. The van der Waals surface area contributed by atoms with Crippen LogP contribution in [0.5, 0.6) is 0 Å². The number of thiazole rings is 1. The van der Waals surface area contributed by atoms with Gasteiger partial charge in [0.1, 0.15) is 5.52 Å². The Kier molecular flexibility index (Phi) is 4.60. The van der Waals surface area contributed by atoms with Gasteiger partial charge in [-0.15, -0.1) is 0 Å². The third kappa shape index (κ3) is 3.83. The van der Waals surface area contributed by atoms with Crippen molar-refractivity contribution in [3.8, 4) is 0 Å². The normalized spacial score (nSPS) is 10.7. The Labute approximate surface area is 161 Å². The third-order valence-electron chi connectivity index (χ3n) is 4.18. The van der Waals surface area contributed by atoms with Crippen LogP contribution in [0.1, 0.15) is 21.5 Å². The van der Waals surface area contributed by atoms with Crippen LogP contribution in [-0.4, -0.2) is 10.9 Å². The zero-order chi connectivity index (χ0) is 18.8. The van der Waals surface area contributed by atoms with Crippen molar-refractivity contribution in [3.05, 3.63) is 83.4 Å². The van der Waals surface area contributed by atoms with E-state index in [1.54, 1.807) is 11.3 Å². The average Bonchev–Trinajstić information content (AvgIpc) is 3.05. The number of aromatic nitrogens is 1. The van der Waals surface area contributed by atoms with Gasteiger partial charge in [0.15, 0.2) is 5.13 Å². The summed E-state index contributed by atoms with van der Waals surface area (Å²) in [6.07, 6.45) is 0. The quantitative estimate of drug-likeness (QED) is 0.468. The number of amides is 1. The van der Waals surface area contributed by atoms with Gasteiger partial charge in [0.2, 0.25) is 0 Å². The molecule has 134 valence electrons. The van der Waals surface area contributed by atoms with Gasteiger partial charge >= 0.3 is 0 Å². The van der Waals surface area contributed by atoms with Gasteiger partial charge in [0.05, 0.1) is 10.4 Å². The van der Waals surface area contributed by atoms with Crippen molar-refractivity contribution in [2.75, 3.05) is 10.6 Å². The highest BCUT2D eigenvalue weighted by atomic mass is 32.1. The van der Waals surface area contributed by atoms with E-state index in [1.165, 1.54) is 0 Å². The molecule has 0 saturated heterocycles. The van der Waals surface area contributed by atoms with Crippen LogP contribution in [0.15, 0.2) is 66.7 Å². The number of benzene rings is 3. The van der Waals surface area contributed by atoms with Crippen molar-refractivity contribution in [2.45, 2.75) is 13.8 Å². The first-order valence-corrected chi connectivity index (χ1v) is 9.51. The molecule has 0 spiro atoms. The molecule has 1 aromatic heterocycles. The van der Waals surface area contributed by atoms with Crippen molar-refractivity contribution in [2.24, 2.45) is 0 Å². The van der Waals surface area contributed by atoms with Gasteiger partial charge in [-0.3, -0.25) is 4.79 Å². The number of para-hydroxylation sites is 2. The Morgan fingerprint density at radius 2 is 1.67 bits per heavy atom. The van der Waals surface area contributed by atoms with Crippen molar-refractivity contribution in [3.63, 3.8) is 0 Å². The maximum absolute atomic E-state index is 12.7. The van der Waals surface area contributed by atoms with Crippen molar-refractivity contribution < 1.29 is 4.79 Å². The summed E-state index contributed by atoms with van der Waals surface area (Å²) in [5, 5.41) is 7.12. The third-order valence-corrected chi connectivity index (χ3v) is 5.11. The monoisotopic (exact) mass is 373 g/mol. The molecule has 0 aliphatic heterocycles. The Morgan fingerprint density at radius 1 is 0.926 bits per heavy atom. The maximum atomic E-state index is 12.7. The lowest BCUT2D eigenvalue weighted by Crippen LogP contribution is -2.12. The van der Waals surface area contributed by atoms with Gasteiger partial charge in [0.25, 0.3) is 5.91 Å². The number of aryl methyl sites for hydroxylation is 2. The van der Waals surface area contributed by atoms with Gasteiger partial charge in [-0.2, -0.15) is 0 Å². The van der Waals surface area contributed by atoms with E-state index in [2.05, 4.69) is 21.7 Å². The largest absolute Gasteiger partial charge is 0.332 e. The molecule has 5 heteroatoms. The fraction of sp³-hybridized carbons (Fsp3) is 0.0909. The Morgan fingerprint density at radius 3 is 2.41 bits per heavy atom. The summed E-state index contributed by atoms with van der Waals surface area (Å²) in [5.41, 5.74) is 5.29. The topological polar surface area (TPSA) is 54.0 Å². The minimum atomic E-state index is -0.125. The molecule has 4 rings (SSSR count). The average molecular weight is 373 g/mol. The van der Waals surface area contributed by atoms with Gasteiger partial charge in [0, 0.05) is 11.3 Å². The number of carbonyl (C=O) groups is 1. The molecular formula is C22H19N3OS. The predicted octanol–water partition coefficient (Wildman–Crippen LogP) is 5.91. The summed E-state index contributed by atoms with van der Waals surface area (Å²) in [4.78, 5) is 17.4. The van der Waals surface area contributed by atoms with Gasteiger partial charge in [-0.25, -0.2) is 4.98 Å². The number of carbonyl (C=O) groups excluding carboxylic acids is 1. The van der Waals surface area contributed by atoms with Gasteiger partial charge < -0.3 is 10.6 Å². The van der Waals surface area contributed by atoms with Crippen LogP contribution in [0, 0.1) is 13.8 Å². The van der Waals surface area contributed by atoms with Crippen LogP contribution in [-0.2, 0) is 0 Å². The number of anilines is 3. The molecule has 4 aromatic rings. The number of fused-ring (bicyclic) bond motifs is 1. The second-order valence-corrected chi connectivity index (χ2v) is 7.52. The summed E-state index contributed by atoms with van der Waals surface area (Å²) in [7, 11) is 0. The molecule has 0 bridgehead atoms. The lowest BCUT2D eigenvalue weighted by molar-refractivity contribution is 0.102. The van der Waals surface area contributed by atoms with E-state index in [0.717, 1.165) is 32.2 Å². The molecule has 0 atom stereocenters. The van der Waals surface area contributed by atoms with Gasteiger partial charge in [-0.1, -0.05) is 52.8 Å². The van der Waals surface area contributed by atoms with E-state index in [9.17, 15) is 4.79 Å². The second-order valence-electron chi connectivity index (χ2n) is 6.49. The van der Waals surface area contributed by atoms with E-state index in [-0.39, 0.29) is 5.91 Å². The Hall–Kier alpha value is -3.18. The number of nitrogens with one attached hydrogen (secondary N) is 2. The smallest absolute Gasteiger partial charge is 0.255 e.